The van der Waals surface area contributed by atoms with Gasteiger partial charge in [0.15, 0.2) is 0 Å². The minimum Gasteiger partial charge on any atom is -0.310 e. The van der Waals surface area contributed by atoms with Gasteiger partial charge in [0.05, 0.1) is 22.4 Å². The summed E-state index contributed by atoms with van der Waals surface area (Å²) in [7, 11) is 0. The van der Waals surface area contributed by atoms with Crippen LogP contribution < -0.4 is 4.90 Å². The maximum Gasteiger partial charge on any atom is 0.0541 e. The average Bonchev–Trinajstić information content (AvgIpc) is 3.71. The van der Waals surface area contributed by atoms with Gasteiger partial charge in [-0.3, -0.25) is 0 Å². The van der Waals surface area contributed by atoms with Crippen molar-refractivity contribution in [2.24, 2.45) is 0 Å². The second kappa shape index (κ2) is 15.8. The summed E-state index contributed by atoms with van der Waals surface area (Å²) in [5.41, 5.74) is 16.3. The zero-order chi connectivity index (χ0) is 42.4. The standard InChI is InChI=1S/C62H42N2/c1-3-18-44(19-4-1)51-38-39-52(55-25-10-9-24-54(51)55)45-33-36-50(37-34-45)63(49-21-5-2-6-22-49)62-40-35-48(42-58(62)47-32-31-43-17-7-8-20-46(43)41-47)53-23-11-14-28-59(53)64-60-29-15-12-26-56(60)57-27-13-16-30-61(57)64/h1-42H. The Morgan fingerprint density at radius 1 is 0.266 bits per heavy atom. The summed E-state index contributed by atoms with van der Waals surface area (Å²) < 4.78 is 2.43. The van der Waals surface area contributed by atoms with Crippen LogP contribution in [0, 0.1) is 0 Å². The van der Waals surface area contributed by atoms with Crippen molar-refractivity contribution >= 4 is 60.4 Å². The number of hydrogen-bond acceptors (Lipinski definition) is 1. The third-order valence-electron chi connectivity index (χ3n) is 12.8. The van der Waals surface area contributed by atoms with E-state index in [0.29, 0.717) is 0 Å². The first kappa shape index (κ1) is 37.3. The third kappa shape index (κ3) is 6.44. The van der Waals surface area contributed by atoms with E-state index in [1.807, 2.05) is 0 Å². The molecule has 300 valence electrons. The van der Waals surface area contributed by atoms with Gasteiger partial charge in [0.1, 0.15) is 0 Å². The normalized spacial score (nSPS) is 11.4. The van der Waals surface area contributed by atoms with Crippen LogP contribution in [0.3, 0.4) is 0 Å². The van der Waals surface area contributed by atoms with Crippen molar-refractivity contribution in [3.8, 4) is 50.2 Å². The third-order valence-corrected chi connectivity index (χ3v) is 12.8. The molecule has 0 spiro atoms. The van der Waals surface area contributed by atoms with E-state index in [0.717, 1.165) is 39.4 Å². The Balaban J connectivity index is 1.03. The van der Waals surface area contributed by atoms with E-state index in [9.17, 15) is 0 Å². The molecule has 11 aromatic carbocycles. The van der Waals surface area contributed by atoms with Crippen LogP contribution in [0.25, 0.3) is 93.5 Å². The summed E-state index contributed by atoms with van der Waals surface area (Å²) in [6, 6.07) is 92.7. The zero-order valence-corrected chi connectivity index (χ0v) is 35.1. The Morgan fingerprint density at radius 3 is 1.44 bits per heavy atom. The Bertz CT molecular complexity index is 3610. The summed E-state index contributed by atoms with van der Waals surface area (Å²) in [5, 5.41) is 7.43. The fourth-order valence-electron chi connectivity index (χ4n) is 9.80. The second-order valence-electron chi connectivity index (χ2n) is 16.5. The molecule has 1 aromatic heterocycles. The van der Waals surface area contributed by atoms with Crippen molar-refractivity contribution in [3.05, 3.63) is 255 Å². The van der Waals surface area contributed by atoms with Crippen LogP contribution in [0.15, 0.2) is 255 Å². The van der Waals surface area contributed by atoms with Crippen molar-refractivity contribution in [2.75, 3.05) is 4.90 Å². The number of nitrogens with zero attached hydrogens (tertiary/aromatic N) is 2. The molecule has 0 fully saturated rings. The van der Waals surface area contributed by atoms with E-state index in [1.54, 1.807) is 0 Å². The lowest BCUT2D eigenvalue weighted by Gasteiger charge is -2.29. The predicted octanol–water partition coefficient (Wildman–Crippen LogP) is 17.2. The van der Waals surface area contributed by atoms with Gasteiger partial charge in [0, 0.05) is 33.3 Å². The molecule has 0 bridgehead atoms. The molecule has 1 heterocycles. The minimum atomic E-state index is 1.08. The first-order valence-electron chi connectivity index (χ1n) is 22.0. The maximum atomic E-state index is 2.43. The van der Waals surface area contributed by atoms with E-state index in [2.05, 4.69) is 264 Å². The molecular weight excluding hydrogens is 773 g/mol. The van der Waals surface area contributed by atoms with Crippen LogP contribution in [0.4, 0.5) is 17.1 Å². The van der Waals surface area contributed by atoms with Gasteiger partial charge in [-0.25, -0.2) is 0 Å². The van der Waals surface area contributed by atoms with Crippen LogP contribution in [-0.2, 0) is 0 Å². The maximum absolute atomic E-state index is 2.43. The van der Waals surface area contributed by atoms with Crippen LogP contribution in [0.1, 0.15) is 0 Å². The molecule has 0 aliphatic rings. The molecule has 0 saturated heterocycles. The van der Waals surface area contributed by atoms with E-state index in [1.165, 1.54) is 71.2 Å². The summed E-state index contributed by atoms with van der Waals surface area (Å²) in [6.45, 7) is 0. The Kier molecular flexibility index (Phi) is 9.20. The fourth-order valence-corrected chi connectivity index (χ4v) is 9.80. The molecular formula is C62H42N2. The lowest BCUT2D eigenvalue weighted by Crippen LogP contribution is -2.11. The first-order valence-corrected chi connectivity index (χ1v) is 22.0. The van der Waals surface area contributed by atoms with Crippen molar-refractivity contribution in [2.45, 2.75) is 0 Å². The molecule has 12 aromatic rings. The number of aromatic nitrogens is 1. The lowest BCUT2D eigenvalue weighted by atomic mass is 9.92. The number of benzene rings is 11. The van der Waals surface area contributed by atoms with Crippen LogP contribution in [0.5, 0.6) is 0 Å². The molecule has 64 heavy (non-hydrogen) atoms. The van der Waals surface area contributed by atoms with Crippen molar-refractivity contribution < 1.29 is 0 Å². The Labute approximate surface area is 373 Å². The molecule has 2 heteroatoms. The number of hydrogen-bond donors (Lipinski definition) is 0. The largest absolute Gasteiger partial charge is 0.310 e. The molecule has 0 radical (unpaired) electrons. The molecule has 0 N–H and O–H groups in total. The minimum absolute atomic E-state index is 1.08. The quantitative estimate of drug-likeness (QED) is 0.148. The second-order valence-corrected chi connectivity index (χ2v) is 16.5. The topological polar surface area (TPSA) is 8.17 Å². The SMILES string of the molecule is c1ccc(-c2ccc(-c3ccc(N(c4ccccc4)c4ccc(-c5ccccc5-n5c6ccccc6c6ccccc65)cc4-c4ccc5ccccc5c4)cc3)c3ccccc23)cc1. The number of para-hydroxylation sites is 4. The van der Waals surface area contributed by atoms with E-state index < -0.39 is 0 Å². The predicted molar refractivity (Wildman–Crippen MR) is 272 cm³/mol. The number of fused-ring (bicyclic) bond motifs is 5. The smallest absolute Gasteiger partial charge is 0.0541 e. The zero-order valence-electron chi connectivity index (χ0n) is 35.1. The average molecular weight is 815 g/mol. The molecule has 0 aliphatic heterocycles. The van der Waals surface area contributed by atoms with Crippen molar-refractivity contribution in [3.63, 3.8) is 0 Å². The monoisotopic (exact) mass is 814 g/mol. The van der Waals surface area contributed by atoms with E-state index >= 15 is 0 Å². The van der Waals surface area contributed by atoms with Gasteiger partial charge in [-0.1, -0.05) is 194 Å². The van der Waals surface area contributed by atoms with Gasteiger partial charge >= 0.3 is 0 Å². The molecule has 0 unspecified atom stereocenters. The van der Waals surface area contributed by atoms with Gasteiger partial charge in [-0.15, -0.1) is 0 Å². The highest BCUT2D eigenvalue weighted by atomic mass is 15.1. The number of anilines is 3. The summed E-state index contributed by atoms with van der Waals surface area (Å²) in [4.78, 5) is 2.41. The van der Waals surface area contributed by atoms with Gasteiger partial charge in [-0.05, 0) is 116 Å². The highest BCUT2D eigenvalue weighted by Gasteiger charge is 2.21. The van der Waals surface area contributed by atoms with Gasteiger partial charge in [0.25, 0.3) is 0 Å². The molecule has 0 aliphatic carbocycles. The summed E-state index contributed by atoms with van der Waals surface area (Å²) in [6.07, 6.45) is 0. The van der Waals surface area contributed by atoms with Crippen LogP contribution in [-0.4, -0.2) is 4.57 Å². The summed E-state index contributed by atoms with van der Waals surface area (Å²) >= 11 is 0. The van der Waals surface area contributed by atoms with Crippen molar-refractivity contribution in [1.29, 1.82) is 0 Å². The highest BCUT2D eigenvalue weighted by molar-refractivity contribution is 6.10. The highest BCUT2D eigenvalue weighted by Crippen LogP contribution is 2.45. The molecule has 0 amide bonds. The summed E-state index contributed by atoms with van der Waals surface area (Å²) in [5.74, 6) is 0. The van der Waals surface area contributed by atoms with E-state index in [4.69, 9.17) is 0 Å². The molecule has 12 rings (SSSR count). The fraction of sp³-hybridized carbons (Fsp3) is 0. The Hall–Kier alpha value is -8.46. The van der Waals surface area contributed by atoms with Crippen molar-refractivity contribution in [1.82, 2.24) is 4.57 Å². The van der Waals surface area contributed by atoms with Crippen LogP contribution >= 0.6 is 0 Å². The molecule has 2 nitrogen and oxygen atoms in total. The molecule has 0 atom stereocenters. The van der Waals surface area contributed by atoms with E-state index in [-0.39, 0.29) is 0 Å². The van der Waals surface area contributed by atoms with Gasteiger partial charge in [0.2, 0.25) is 0 Å². The van der Waals surface area contributed by atoms with Gasteiger partial charge in [-0.2, -0.15) is 0 Å². The number of rotatable bonds is 8. The Morgan fingerprint density at radius 2 is 0.750 bits per heavy atom. The lowest BCUT2D eigenvalue weighted by molar-refractivity contribution is 1.18. The van der Waals surface area contributed by atoms with Gasteiger partial charge < -0.3 is 9.47 Å². The first-order chi connectivity index (χ1) is 31.8. The van der Waals surface area contributed by atoms with Crippen LogP contribution in [0.2, 0.25) is 0 Å². The molecule has 0 saturated carbocycles.